The molecule has 0 aliphatic carbocycles. The van der Waals surface area contributed by atoms with Crippen molar-refractivity contribution in [3.8, 4) is 0 Å². The van der Waals surface area contributed by atoms with Crippen molar-refractivity contribution in [2.45, 2.75) is 31.6 Å². The van der Waals surface area contributed by atoms with Gasteiger partial charge in [-0.3, -0.25) is 19.2 Å². The van der Waals surface area contributed by atoms with Gasteiger partial charge in [0.2, 0.25) is 11.8 Å². The summed E-state index contributed by atoms with van der Waals surface area (Å²) in [5, 5.41) is 10.8. The molecule has 33 heavy (non-hydrogen) atoms. The number of hydrogen-bond acceptors (Lipinski definition) is 4. The van der Waals surface area contributed by atoms with Crippen molar-refractivity contribution in [1.82, 2.24) is 10.2 Å². The van der Waals surface area contributed by atoms with Gasteiger partial charge in [-0.15, -0.1) is 0 Å². The molecule has 2 aromatic carbocycles. The van der Waals surface area contributed by atoms with E-state index < -0.39 is 53.8 Å². The standard InChI is InChI=1S/C23H21F3N2O5/c24-23(25,26)16-8-6-15(7-9-16)13-28-17(10-14-4-2-1-3-5-14)11-18(29)20(22(28)33)21(32)27-12-19(30)31/h1-9,17,20H,10-13H2,(H,27,32)(H,30,31). The third-order valence-electron chi connectivity index (χ3n) is 5.35. The molecule has 2 N–H and O–H groups in total. The number of likely N-dealkylation sites (tertiary alicyclic amines) is 1. The number of nitrogens with one attached hydrogen (secondary N) is 1. The minimum atomic E-state index is -4.50. The van der Waals surface area contributed by atoms with E-state index in [-0.39, 0.29) is 13.0 Å². The average molecular weight is 462 g/mol. The highest BCUT2D eigenvalue weighted by Crippen LogP contribution is 2.30. The van der Waals surface area contributed by atoms with Crippen molar-refractivity contribution in [2.24, 2.45) is 5.92 Å². The number of nitrogens with zero attached hydrogens (tertiary/aromatic N) is 1. The van der Waals surface area contributed by atoms with Gasteiger partial charge in [0.25, 0.3) is 0 Å². The fraction of sp³-hybridized carbons (Fsp3) is 0.304. The maximum Gasteiger partial charge on any atom is 0.416 e. The molecule has 0 aromatic heterocycles. The van der Waals surface area contributed by atoms with Crippen LogP contribution in [0.3, 0.4) is 0 Å². The molecular weight excluding hydrogens is 441 g/mol. The predicted molar refractivity (Wildman–Crippen MR) is 110 cm³/mol. The Hall–Kier alpha value is -3.69. The molecule has 1 aliphatic heterocycles. The Bertz CT molecular complexity index is 1040. The van der Waals surface area contributed by atoms with Crippen LogP contribution < -0.4 is 5.32 Å². The lowest BCUT2D eigenvalue weighted by molar-refractivity contribution is -0.155. The molecule has 174 valence electrons. The highest BCUT2D eigenvalue weighted by atomic mass is 19.4. The molecule has 3 rings (SSSR count). The molecule has 2 aromatic rings. The average Bonchev–Trinajstić information content (AvgIpc) is 2.75. The highest BCUT2D eigenvalue weighted by molar-refractivity contribution is 6.19. The number of amides is 2. The van der Waals surface area contributed by atoms with Crippen molar-refractivity contribution < 1.29 is 37.5 Å². The number of carbonyl (C=O) groups excluding carboxylic acids is 3. The maximum atomic E-state index is 13.2. The van der Waals surface area contributed by atoms with Crippen LogP contribution >= 0.6 is 0 Å². The molecule has 2 amide bonds. The quantitative estimate of drug-likeness (QED) is 0.616. The van der Waals surface area contributed by atoms with Gasteiger partial charge in [-0.1, -0.05) is 42.5 Å². The zero-order valence-electron chi connectivity index (χ0n) is 17.3. The Morgan fingerprint density at radius 3 is 2.21 bits per heavy atom. The summed E-state index contributed by atoms with van der Waals surface area (Å²) in [6.07, 6.45) is -4.34. The van der Waals surface area contributed by atoms with Crippen molar-refractivity contribution >= 4 is 23.6 Å². The number of hydrogen-bond donors (Lipinski definition) is 2. The van der Waals surface area contributed by atoms with E-state index in [0.717, 1.165) is 17.7 Å². The van der Waals surface area contributed by atoms with Crippen LogP contribution in [0, 0.1) is 5.92 Å². The zero-order valence-corrected chi connectivity index (χ0v) is 17.3. The number of alkyl halides is 3. The van der Waals surface area contributed by atoms with E-state index in [1.807, 2.05) is 18.2 Å². The molecule has 2 unspecified atom stereocenters. The van der Waals surface area contributed by atoms with Crippen LogP contribution in [0.2, 0.25) is 0 Å². The van der Waals surface area contributed by atoms with E-state index in [0.29, 0.717) is 12.0 Å². The molecule has 1 aliphatic rings. The van der Waals surface area contributed by atoms with Gasteiger partial charge in [0, 0.05) is 19.0 Å². The molecule has 10 heteroatoms. The minimum Gasteiger partial charge on any atom is -0.480 e. The van der Waals surface area contributed by atoms with Crippen LogP contribution in [0.15, 0.2) is 54.6 Å². The molecule has 0 saturated carbocycles. The Balaban J connectivity index is 1.87. The molecule has 0 bridgehead atoms. The molecule has 0 spiro atoms. The lowest BCUT2D eigenvalue weighted by Crippen LogP contribution is -2.56. The maximum absolute atomic E-state index is 13.2. The monoisotopic (exact) mass is 462 g/mol. The molecular formula is C23H21F3N2O5. The minimum absolute atomic E-state index is 0.107. The third kappa shape index (κ3) is 5.97. The van der Waals surface area contributed by atoms with Crippen LogP contribution in [0.25, 0.3) is 0 Å². The Morgan fingerprint density at radius 1 is 1.00 bits per heavy atom. The SMILES string of the molecule is O=C(O)CNC(=O)C1C(=O)CC(Cc2ccccc2)N(Cc2ccc(C(F)(F)F)cc2)C1=O. The number of rotatable bonds is 7. The van der Waals surface area contributed by atoms with Gasteiger partial charge in [-0.25, -0.2) is 0 Å². The summed E-state index contributed by atoms with van der Waals surface area (Å²) in [6, 6.07) is 12.7. The number of carboxylic acids is 1. The van der Waals surface area contributed by atoms with Gasteiger partial charge in [-0.2, -0.15) is 13.2 Å². The van der Waals surface area contributed by atoms with Gasteiger partial charge in [0.15, 0.2) is 11.7 Å². The molecule has 7 nitrogen and oxygen atoms in total. The van der Waals surface area contributed by atoms with Crippen molar-refractivity contribution in [3.05, 3.63) is 71.3 Å². The third-order valence-corrected chi connectivity index (χ3v) is 5.35. The number of ketones is 1. The lowest BCUT2D eigenvalue weighted by atomic mass is 9.86. The topological polar surface area (TPSA) is 104 Å². The summed E-state index contributed by atoms with van der Waals surface area (Å²) in [7, 11) is 0. The van der Waals surface area contributed by atoms with Crippen LogP contribution in [0.4, 0.5) is 13.2 Å². The number of halogens is 3. The Kier molecular flexibility index (Phi) is 7.15. The lowest BCUT2D eigenvalue weighted by Gasteiger charge is -2.38. The van der Waals surface area contributed by atoms with Crippen molar-refractivity contribution in [1.29, 1.82) is 0 Å². The fourth-order valence-electron chi connectivity index (χ4n) is 3.74. The first-order chi connectivity index (χ1) is 15.6. The largest absolute Gasteiger partial charge is 0.480 e. The molecule has 1 heterocycles. The molecule has 0 radical (unpaired) electrons. The van der Waals surface area contributed by atoms with Crippen molar-refractivity contribution in [3.63, 3.8) is 0 Å². The first-order valence-corrected chi connectivity index (χ1v) is 10.1. The van der Waals surface area contributed by atoms with E-state index in [2.05, 4.69) is 5.32 Å². The first-order valence-electron chi connectivity index (χ1n) is 10.1. The van der Waals surface area contributed by atoms with E-state index in [1.165, 1.54) is 17.0 Å². The van der Waals surface area contributed by atoms with Gasteiger partial charge in [-0.05, 0) is 29.7 Å². The summed E-state index contributed by atoms with van der Waals surface area (Å²) >= 11 is 0. The van der Waals surface area contributed by atoms with Crippen molar-refractivity contribution in [2.75, 3.05) is 6.54 Å². The number of piperidine rings is 1. The van der Waals surface area contributed by atoms with Gasteiger partial charge in [0.05, 0.1) is 5.56 Å². The first kappa shape index (κ1) is 24.0. The van der Waals surface area contributed by atoms with Gasteiger partial charge >= 0.3 is 12.1 Å². The second-order valence-electron chi connectivity index (χ2n) is 7.72. The summed E-state index contributed by atoms with van der Waals surface area (Å²) < 4.78 is 38.6. The number of carboxylic acid groups (broad SMARTS) is 1. The summed E-state index contributed by atoms with van der Waals surface area (Å²) in [5.74, 6) is -5.49. The highest BCUT2D eigenvalue weighted by Gasteiger charge is 2.45. The molecule has 1 fully saturated rings. The van der Waals surface area contributed by atoms with E-state index in [4.69, 9.17) is 5.11 Å². The van der Waals surface area contributed by atoms with Gasteiger partial charge < -0.3 is 15.3 Å². The summed E-state index contributed by atoms with van der Waals surface area (Å²) in [4.78, 5) is 50.2. The number of benzene rings is 2. The smallest absolute Gasteiger partial charge is 0.416 e. The van der Waals surface area contributed by atoms with Gasteiger partial charge in [0.1, 0.15) is 6.54 Å². The zero-order chi connectivity index (χ0) is 24.2. The van der Waals surface area contributed by atoms with E-state index >= 15 is 0 Å². The van der Waals surface area contributed by atoms with Crippen LogP contribution in [0.5, 0.6) is 0 Å². The fourth-order valence-corrected chi connectivity index (χ4v) is 3.74. The Labute approximate surface area is 187 Å². The molecule has 1 saturated heterocycles. The summed E-state index contributed by atoms with van der Waals surface area (Å²) in [6.45, 7) is -0.854. The molecule has 2 atom stereocenters. The normalized spacial score (nSPS) is 18.8. The number of carbonyl (C=O) groups is 4. The van der Waals surface area contributed by atoms with Crippen LogP contribution in [-0.4, -0.2) is 46.2 Å². The summed E-state index contributed by atoms with van der Waals surface area (Å²) in [5.41, 5.74) is 0.404. The van der Waals surface area contributed by atoms with E-state index in [9.17, 15) is 32.3 Å². The number of Topliss-reactive ketones (excluding diaryl/α,β-unsaturated/α-hetero) is 1. The second kappa shape index (κ2) is 9.85. The number of aliphatic carboxylic acids is 1. The van der Waals surface area contributed by atoms with E-state index in [1.54, 1.807) is 12.1 Å². The predicted octanol–water partition coefficient (Wildman–Crippen LogP) is 2.44. The van der Waals surface area contributed by atoms with Crippen LogP contribution in [-0.2, 0) is 38.3 Å². The Morgan fingerprint density at radius 2 is 1.64 bits per heavy atom. The van der Waals surface area contributed by atoms with Crippen LogP contribution in [0.1, 0.15) is 23.1 Å². The second-order valence-corrected chi connectivity index (χ2v) is 7.72.